The average Bonchev–Trinajstić information content (AvgIpc) is 2.97. The molecule has 0 aliphatic carbocycles. The molecule has 0 radical (unpaired) electrons. The second-order valence-electron chi connectivity index (χ2n) is 5.09. The molecule has 3 rings (SSSR count). The fraction of sp³-hybridized carbons (Fsp3) is 0.333. The molecule has 0 amide bonds. The number of rotatable bonds is 6. The highest BCUT2D eigenvalue weighted by Crippen LogP contribution is 2.20. The Kier molecular flexibility index (Phi) is 4.31. The zero-order valence-electron chi connectivity index (χ0n) is 12.5. The van der Waals surface area contributed by atoms with Crippen LogP contribution in [-0.4, -0.2) is 26.9 Å². The number of unbranched alkanes of at least 4 members (excludes halogenated alkanes) is 1. The van der Waals surface area contributed by atoms with Crippen molar-refractivity contribution < 1.29 is 13.8 Å². The van der Waals surface area contributed by atoms with Gasteiger partial charge in [0.25, 0.3) is 5.56 Å². The van der Waals surface area contributed by atoms with Gasteiger partial charge in [0.1, 0.15) is 5.69 Å². The molecule has 2 heterocycles. The van der Waals surface area contributed by atoms with Crippen LogP contribution >= 0.6 is 0 Å². The molecule has 0 saturated heterocycles. The highest BCUT2D eigenvalue weighted by Gasteiger charge is 2.11. The Hall–Kier alpha value is -2.77. The van der Waals surface area contributed by atoms with Crippen molar-refractivity contribution in [2.45, 2.75) is 26.2 Å². The number of nitrogens with one attached hydrogen (secondary N) is 1. The van der Waals surface area contributed by atoms with E-state index in [2.05, 4.69) is 24.9 Å². The maximum Gasteiger partial charge on any atom is 0.271 e. The maximum absolute atomic E-state index is 14.0. The number of benzene rings is 1. The summed E-state index contributed by atoms with van der Waals surface area (Å²) in [5.74, 6) is -0.251. The van der Waals surface area contributed by atoms with Crippen LogP contribution < -0.4 is 10.3 Å². The lowest BCUT2D eigenvalue weighted by atomic mass is 10.1. The SMILES string of the molecule is CCCCOc1ccc(Cc2nc3nonc3[nH]c2=O)cc1F. The van der Waals surface area contributed by atoms with Gasteiger partial charge in [-0.3, -0.25) is 9.78 Å². The third-order valence-corrected chi connectivity index (χ3v) is 3.33. The zero-order chi connectivity index (χ0) is 16.2. The minimum Gasteiger partial charge on any atom is -0.491 e. The summed E-state index contributed by atoms with van der Waals surface area (Å²) >= 11 is 0. The smallest absolute Gasteiger partial charge is 0.271 e. The Bertz CT molecular complexity index is 875. The van der Waals surface area contributed by atoms with Crippen molar-refractivity contribution in [1.82, 2.24) is 20.3 Å². The van der Waals surface area contributed by atoms with Crippen LogP contribution in [0.5, 0.6) is 5.75 Å². The molecule has 0 saturated carbocycles. The molecule has 0 unspecified atom stereocenters. The summed E-state index contributed by atoms with van der Waals surface area (Å²) in [6.07, 6.45) is 2.02. The summed E-state index contributed by atoms with van der Waals surface area (Å²) in [4.78, 5) is 18.5. The lowest BCUT2D eigenvalue weighted by Crippen LogP contribution is -2.15. The van der Waals surface area contributed by atoms with Crippen LogP contribution in [0, 0.1) is 5.82 Å². The van der Waals surface area contributed by atoms with Crippen molar-refractivity contribution in [2.24, 2.45) is 0 Å². The molecule has 3 aromatic rings. The van der Waals surface area contributed by atoms with Gasteiger partial charge >= 0.3 is 0 Å². The van der Waals surface area contributed by atoms with Gasteiger partial charge < -0.3 is 4.74 Å². The van der Waals surface area contributed by atoms with Gasteiger partial charge in [-0.1, -0.05) is 19.4 Å². The average molecular weight is 318 g/mol. The first kappa shape index (κ1) is 15.1. The number of aromatic nitrogens is 4. The first-order chi connectivity index (χ1) is 11.2. The highest BCUT2D eigenvalue weighted by atomic mass is 19.1. The first-order valence-corrected chi connectivity index (χ1v) is 7.30. The van der Waals surface area contributed by atoms with Crippen molar-refractivity contribution in [3.8, 4) is 5.75 Å². The minimum absolute atomic E-state index is 0.171. The summed E-state index contributed by atoms with van der Waals surface area (Å²) in [6, 6.07) is 4.61. The van der Waals surface area contributed by atoms with Crippen molar-refractivity contribution in [1.29, 1.82) is 0 Å². The predicted molar refractivity (Wildman–Crippen MR) is 79.8 cm³/mol. The van der Waals surface area contributed by atoms with E-state index in [-0.39, 0.29) is 29.2 Å². The molecule has 120 valence electrons. The normalized spacial score (nSPS) is 11.0. The van der Waals surface area contributed by atoms with Gasteiger partial charge in [0.05, 0.1) is 6.61 Å². The molecular formula is C15H15FN4O3. The van der Waals surface area contributed by atoms with Crippen molar-refractivity contribution in [2.75, 3.05) is 6.61 Å². The van der Waals surface area contributed by atoms with Crippen LogP contribution in [0.2, 0.25) is 0 Å². The van der Waals surface area contributed by atoms with E-state index in [1.165, 1.54) is 6.07 Å². The molecule has 7 nitrogen and oxygen atoms in total. The molecule has 8 heteroatoms. The van der Waals surface area contributed by atoms with Crippen LogP contribution in [0.3, 0.4) is 0 Å². The van der Waals surface area contributed by atoms with E-state index < -0.39 is 11.4 Å². The van der Waals surface area contributed by atoms with Crippen molar-refractivity contribution in [3.05, 3.63) is 45.6 Å². The molecule has 1 aromatic carbocycles. The third-order valence-electron chi connectivity index (χ3n) is 3.33. The van der Waals surface area contributed by atoms with Crippen LogP contribution in [0.15, 0.2) is 27.6 Å². The van der Waals surface area contributed by atoms with Gasteiger partial charge in [0.15, 0.2) is 11.6 Å². The number of aromatic amines is 1. The fourth-order valence-corrected chi connectivity index (χ4v) is 2.11. The monoisotopic (exact) mass is 318 g/mol. The van der Waals surface area contributed by atoms with Crippen LogP contribution in [-0.2, 0) is 6.42 Å². The van der Waals surface area contributed by atoms with Gasteiger partial charge in [-0.2, -0.15) is 0 Å². The second-order valence-corrected chi connectivity index (χ2v) is 5.09. The Balaban J connectivity index is 1.80. The van der Waals surface area contributed by atoms with E-state index in [0.717, 1.165) is 12.8 Å². The molecule has 0 spiro atoms. The van der Waals surface area contributed by atoms with E-state index in [9.17, 15) is 9.18 Å². The zero-order valence-corrected chi connectivity index (χ0v) is 12.5. The molecule has 0 aliphatic rings. The number of halogens is 1. The molecular weight excluding hydrogens is 303 g/mol. The third kappa shape index (κ3) is 3.36. The van der Waals surface area contributed by atoms with Crippen molar-refractivity contribution in [3.63, 3.8) is 0 Å². The minimum atomic E-state index is -0.459. The summed E-state index contributed by atoms with van der Waals surface area (Å²) < 4.78 is 23.9. The predicted octanol–water partition coefficient (Wildman–Crippen LogP) is 2.21. The molecule has 2 aromatic heterocycles. The summed E-state index contributed by atoms with van der Waals surface area (Å²) in [5, 5.41) is 7.08. The van der Waals surface area contributed by atoms with Crippen molar-refractivity contribution >= 4 is 11.3 Å². The van der Waals surface area contributed by atoms with E-state index in [0.29, 0.717) is 12.2 Å². The molecule has 0 aliphatic heterocycles. The summed E-state index contributed by atoms with van der Waals surface area (Å²) in [7, 11) is 0. The number of fused-ring (bicyclic) bond motifs is 1. The second kappa shape index (κ2) is 6.55. The molecule has 1 N–H and O–H groups in total. The lowest BCUT2D eigenvalue weighted by Gasteiger charge is -2.08. The fourth-order valence-electron chi connectivity index (χ4n) is 2.11. The van der Waals surface area contributed by atoms with E-state index in [1.807, 2.05) is 6.92 Å². The standard InChI is InChI=1S/C15H15FN4O3/c1-2-3-6-22-12-5-4-9(7-10(12)16)8-11-15(21)18-14-13(17-11)19-23-20-14/h4-5,7H,2-3,6,8H2,1H3,(H,18,20,21). The van der Waals surface area contributed by atoms with Gasteiger partial charge in [0.2, 0.25) is 11.3 Å². The molecule has 23 heavy (non-hydrogen) atoms. The molecule has 0 atom stereocenters. The number of ether oxygens (including phenoxy) is 1. The number of hydrogen-bond acceptors (Lipinski definition) is 6. The molecule has 0 bridgehead atoms. The number of H-pyrrole nitrogens is 1. The van der Waals surface area contributed by atoms with E-state index >= 15 is 0 Å². The quantitative estimate of drug-likeness (QED) is 0.700. The number of nitrogens with zero attached hydrogens (tertiary/aromatic N) is 3. The van der Waals surface area contributed by atoms with Crippen LogP contribution in [0.4, 0.5) is 4.39 Å². The molecule has 0 fully saturated rings. The van der Waals surface area contributed by atoms with Gasteiger partial charge in [0, 0.05) is 6.42 Å². The summed E-state index contributed by atoms with van der Waals surface area (Å²) in [6.45, 7) is 2.51. The van der Waals surface area contributed by atoms with Gasteiger partial charge in [-0.25, -0.2) is 14.0 Å². The maximum atomic E-state index is 14.0. The van der Waals surface area contributed by atoms with Gasteiger partial charge in [-0.05, 0) is 34.4 Å². The first-order valence-electron chi connectivity index (χ1n) is 7.30. The Morgan fingerprint density at radius 3 is 3.00 bits per heavy atom. The van der Waals surface area contributed by atoms with E-state index in [1.54, 1.807) is 12.1 Å². The highest BCUT2D eigenvalue weighted by molar-refractivity contribution is 5.62. The largest absolute Gasteiger partial charge is 0.491 e. The van der Waals surface area contributed by atoms with Crippen LogP contribution in [0.1, 0.15) is 31.0 Å². The summed E-state index contributed by atoms with van der Waals surface area (Å²) in [5.41, 5.74) is 0.812. The number of hydrogen-bond donors (Lipinski definition) is 1. The Labute approximate surface area is 130 Å². The topological polar surface area (TPSA) is 93.9 Å². The van der Waals surface area contributed by atoms with Crippen LogP contribution in [0.25, 0.3) is 11.3 Å². The van der Waals surface area contributed by atoms with E-state index in [4.69, 9.17) is 4.74 Å². The lowest BCUT2D eigenvalue weighted by molar-refractivity contribution is 0.294. The Morgan fingerprint density at radius 2 is 2.22 bits per heavy atom. The Morgan fingerprint density at radius 1 is 1.35 bits per heavy atom. The van der Waals surface area contributed by atoms with Gasteiger partial charge in [-0.15, -0.1) is 0 Å².